The molecule has 0 bridgehead atoms. The molecule has 0 saturated heterocycles. The van der Waals surface area contributed by atoms with Crippen molar-refractivity contribution in [1.82, 2.24) is 0 Å². The van der Waals surface area contributed by atoms with Crippen LogP contribution in [0.15, 0.2) is 12.2 Å². The van der Waals surface area contributed by atoms with Crippen LogP contribution >= 0.6 is 0 Å². The Bertz CT molecular complexity index is 267. The van der Waals surface area contributed by atoms with E-state index in [1.54, 1.807) is 0 Å². The molecule has 0 spiro atoms. The molecule has 1 atom stereocenters. The lowest BCUT2D eigenvalue weighted by atomic mass is 10.0. The summed E-state index contributed by atoms with van der Waals surface area (Å²) in [5.41, 5.74) is 0. The van der Waals surface area contributed by atoms with Gasteiger partial charge >= 0.3 is 0 Å². The average molecular weight is 204 g/mol. The number of rotatable bonds is 2. The SMILES string of the molecule is CS(=O)(=O)OC1CCC=CCCC1. The second kappa shape index (κ2) is 4.77. The third kappa shape index (κ3) is 5.05. The van der Waals surface area contributed by atoms with Gasteiger partial charge in [-0.1, -0.05) is 12.2 Å². The number of allylic oxidation sites excluding steroid dienone is 2. The molecule has 0 radical (unpaired) electrons. The van der Waals surface area contributed by atoms with Gasteiger partial charge < -0.3 is 0 Å². The first-order chi connectivity index (χ1) is 6.08. The van der Waals surface area contributed by atoms with Crippen molar-refractivity contribution < 1.29 is 12.6 Å². The predicted octanol–water partition coefficient (Wildman–Crippen LogP) is 1.85. The summed E-state index contributed by atoms with van der Waals surface area (Å²) in [7, 11) is -3.28. The Kier molecular flexibility index (Phi) is 3.93. The molecule has 0 aromatic rings. The van der Waals surface area contributed by atoms with Gasteiger partial charge in [-0.25, -0.2) is 0 Å². The Balaban J connectivity index is 2.45. The maximum atomic E-state index is 10.9. The molecule has 0 heterocycles. The van der Waals surface area contributed by atoms with Gasteiger partial charge in [-0.05, 0) is 32.1 Å². The third-order valence-electron chi connectivity index (χ3n) is 2.03. The quantitative estimate of drug-likeness (QED) is 0.509. The zero-order valence-corrected chi connectivity index (χ0v) is 8.72. The zero-order valence-electron chi connectivity index (χ0n) is 7.90. The van der Waals surface area contributed by atoms with E-state index < -0.39 is 10.1 Å². The molecule has 13 heavy (non-hydrogen) atoms. The Morgan fingerprint density at radius 1 is 1.23 bits per heavy atom. The van der Waals surface area contributed by atoms with Crippen LogP contribution in [0.4, 0.5) is 0 Å². The topological polar surface area (TPSA) is 43.4 Å². The first kappa shape index (κ1) is 10.7. The van der Waals surface area contributed by atoms with Crippen LogP contribution in [0.1, 0.15) is 32.1 Å². The molecule has 3 nitrogen and oxygen atoms in total. The van der Waals surface area contributed by atoms with E-state index in [2.05, 4.69) is 12.2 Å². The first-order valence-corrected chi connectivity index (χ1v) is 6.43. The fourth-order valence-corrected chi connectivity index (χ4v) is 2.16. The Morgan fingerprint density at radius 2 is 1.92 bits per heavy atom. The van der Waals surface area contributed by atoms with E-state index in [0.29, 0.717) is 0 Å². The maximum Gasteiger partial charge on any atom is 0.264 e. The van der Waals surface area contributed by atoms with Gasteiger partial charge in [0.25, 0.3) is 10.1 Å². The van der Waals surface area contributed by atoms with E-state index in [1.165, 1.54) is 0 Å². The van der Waals surface area contributed by atoms with Crippen molar-refractivity contribution in [3.8, 4) is 0 Å². The van der Waals surface area contributed by atoms with Crippen molar-refractivity contribution in [3.05, 3.63) is 12.2 Å². The highest BCUT2D eigenvalue weighted by molar-refractivity contribution is 7.86. The van der Waals surface area contributed by atoms with Crippen LogP contribution in [0.5, 0.6) is 0 Å². The van der Waals surface area contributed by atoms with Crippen molar-refractivity contribution in [2.45, 2.75) is 38.2 Å². The lowest BCUT2D eigenvalue weighted by molar-refractivity contribution is 0.187. The molecular weight excluding hydrogens is 188 g/mol. The summed E-state index contributed by atoms with van der Waals surface area (Å²) in [5.74, 6) is 0. The predicted molar refractivity (Wildman–Crippen MR) is 51.9 cm³/mol. The molecule has 1 unspecified atom stereocenters. The zero-order chi connectivity index (χ0) is 9.73. The summed E-state index contributed by atoms with van der Waals surface area (Å²) >= 11 is 0. The monoisotopic (exact) mass is 204 g/mol. The second-order valence-corrected chi connectivity index (χ2v) is 5.00. The van der Waals surface area contributed by atoms with Crippen molar-refractivity contribution in [2.75, 3.05) is 6.26 Å². The molecule has 0 saturated carbocycles. The van der Waals surface area contributed by atoms with Crippen molar-refractivity contribution in [2.24, 2.45) is 0 Å². The van der Waals surface area contributed by atoms with Crippen LogP contribution in [-0.2, 0) is 14.3 Å². The minimum atomic E-state index is -3.28. The van der Waals surface area contributed by atoms with Gasteiger partial charge in [0, 0.05) is 0 Å². The molecule has 0 aromatic heterocycles. The average Bonchev–Trinajstić information content (AvgIpc) is 1.92. The van der Waals surface area contributed by atoms with Crippen LogP contribution in [0.25, 0.3) is 0 Å². The second-order valence-electron chi connectivity index (χ2n) is 3.40. The van der Waals surface area contributed by atoms with Crippen molar-refractivity contribution in [3.63, 3.8) is 0 Å². The van der Waals surface area contributed by atoms with Gasteiger partial charge in [-0.2, -0.15) is 8.42 Å². The van der Waals surface area contributed by atoms with E-state index in [0.717, 1.165) is 38.4 Å². The Labute approximate surface area is 79.9 Å². The molecule has 1 aliphatic carbocycles. The van der Waals surface area contributed by atoms with Crippen LogP contribution in [0.2, 0.25) is 0 Å². The summed E-state index contributed by atoms with van der Waals surface area (Å²) < 4.78 is 26.7. The van der Waals surface area contributed by atoms with Crippen molar-refractivity contribution >= 4 is 10.1 Å². The van der Waals surface area contributed by atoms with E-state index in [-0.39, 0.29) is 6.10 Å². The van der Waals surface area contributed by atoms with Gasteiger partial charge in [0.2, 0.25) is 0 Å². The highest BCUT2D eigenvalue weighted by Crippen LogP contribution is 2.16. The summed E-state index contributed by atoms with van der Waals surface area (Å²) in [6.07, 6.45) is 9.86. The molecular formula is C9H16O3S. The lowest BCUT2D eigenvalue weighted by Crippen LogP contribution is -2.17. The smallest absolute Gasteiger partial charge is 0.264 e. The Morgan fingerprint density at radius 3 is 2.62 bits per heavy atom. The van der Waals surface area contributed by atoms with Gasteiger partial charge in [-0.3, -0.25) is 4.18 Å². The minimum Gasteiger partial charge on any atom is -0.267 e. The lowest BCUT2D eigenvalue weighted by Gasteiger charge is -2.16. The molecule has 0 amide bonds. The first-order valence-electron chi connectivity index (χ1n) is 4.61. The molecule has 1 rings (SSSR count). The number of hydrogen-bond acceptors (Lipinski definition) is 3. The molecule has 0 aliphatic heterocycles. The van der Waals surface area contributed by atoms with Crippen molar-refractivity contribution in [1.29, 1.82) is 0 Å². The van der Waals surface area contributed by atoms with Crippen LogP contribution in [0, 0.1) is 0 Å². The third-order valence-corrected chi connectivity index (χ3v) is 2.65. The summed E-state index contributed by atoms with van der Waals surface area (Å²) in [6.45, 7) is 0. The standard InChI is InChI=1S/C9H16O3S/c1-13(10,11)12-9-7-5-3-2-4-6-8-9/h2-3,9H,4-8H2,1H3. The van der Waals surface area contributed by atoms with Gasteiger partial charge in [0.15, 0.2) is 0 Å². The van der Waals surface area contributed by atoms with Gasteiger partial charge in [0.1, 0.15) is 0 Å². The summed E-state index contributed by atoms with van der Waals surface area (Å²) in [5, 5.41) is 0. The van der Waals surface area contributed by atoms with Crippen LogP contribution in [-0.4, -0.2) is 20.8 Å². The summed E-state index contributed by atoms with van der Waals surface area (Å²) in [4.78, 5) is 0. The van der Waals surface area contributed by atoms with E-state index in [1.807, 2.05) is 0 Å². The molecule has 0 fully saturated rings. The van der Waals surface area contributed by atoms with Gasteiger partial charge in [-0.15, -0.1) is 0 Å². The molecule has 0 aromatic carbocycles. The van der Waals surface area contributed by atoms with Crippen LogP contribution in [0.3, 0.4) is 0 Å². The van der Waals surface area contributed by atoms with E-state index in [4.69, 9.17) is 4.18 Å². The fourth-order valence-electron chi connectivity index (χ4n) is 1.47. The maximum absolute atomic E-state index is 10.9. The number of hydrogen-bond donors (Lipinski definition) is 0. The van der Waals surface area contributed by atoms with E-state index >= 15 is 0 Å². The molecule has 0 N–H and O–H groups in total. The largest absolute Gasteiger partial charge is 0.267 e. The highest BCUT2D eigenvalue weighted by Gasteiger charge is 2.14. The molecule has 76 valence electrons. The summed E-state index contributed by atoms with van der Waals surface area (Å²) in [6, 6.07) is 0. The highest BCUT2D eigenvalue weighted by atomic mass is 32.2. The van der Waals surface area contributed by atoms with Crippen LogP contribution < -0.4 is 0 Å². The fraction of sp³-hybridized carbons (Fsp3) is 0.778. The molecule has 1 aliphatic rings. The van der Waals surface area contributed by atoms with E-state index in [9.17, 15) is 8.42 Å². The molecule has 4 heteroatoms. The normalized spacial score (nSPS) is 25.2. The minimum absolute atomic E-state index is 0.111. The van der Waals surface area contributed by atoms with Gasteiger partial charge in [0.05, 0.1) is 12.4 Å². The Hall–Kier alpha value is -0.350.